The number of rotatable bonds is 2. The monoisotopic (exact) mass is 320 g/mol. The number of hydrogen-bond acceptors (Lipinski definition) is 3. The van der Waals surface area contributed by atoms with Crippen LogP contribution < -0.4 is 5.32 Å². The molecule has 0 spiro atoms. The minimum atomic E-state index is -0.567. The van der Waals surface area contributed by atoms with Gasteiger partial charge in [0.1, 0.15) is 5.82 Å². The minimum absolute atomic E-state index is 0.00229. The SMILES string of the molecule is CC(=O)Nc1ccc(F)c(C(=O)N2CCO[C@H]3CCCC[C@@H]32)c1. The number of nitrogens with one attached hydrogen (secondary N) is 1. The van der Waals surface area contributed by atoms with Crippen LogP contribution in [-0.2, 0) is 9.53 Å². The van der Waals surface area contributed by atoms with Gasteiger partial charge in [-0.15, -0.1) is 0 Å². The number of hydrogen-bond donors (Lipinski definition) is 1. The lowest BCUT2D eigenvalue weighted by molar-refractivity contribution is -0.114. The van der Waals surface area contributed by atoms with E-state index in [9.17, 15) is 14.0 Å². The van der Waals surface area contributed by atoms with Crippen molar-refractivity contribution >= 4 is 17.5 Å². The first-order valence-electron chi connectivity index (χ1n) is 8.06. The highest BCUT2D eigenvalue weighted by atomic mass is 19.1. The second-order valence-electron chi connectivity index (χ2n) is 6.14. The summed E-state index contributed by atoms with van der Waals surface area (Å²) in [6.07, 6.45) is 4.06. The van der Waals surface area contributed by atoms with Crippen molar-refractivity contribution in [2.24, 2.45) is 0 Å². The molecule has 6 heteroatoms. The van der Waals surface area contributed by atoms with Crippen molar-refractivity contribution in [3.8, 4) is 0 Å². The van der Waals surface area contributed by atoms with Crippen LogP contribution in [0.5, 0.6) is 0 Å². The van der Waals surface area contributed by atoms with Gasteiger partial charge in [-0.05, 0) is 31.0 Å². The van der Waals surface area contributed by atoms with Crippen molar-refractivity contribution in [2.75, 3.05) is 18.5 Å². The fourth-order valence-electron chi connectivity index (χ4n) is 3.47. The fourth-order valence-corrected chi connectivity index (χ4v) is 3.47. The van der Waals surface area contributed by atoms with Gasteiger partial charge in [0, 0.05) is 19.2 Å². The van der Waals surface area contributed by atoms with Gasteiger partial charge in [0.05, 0.1) is 24.3 Å². The summed E-state index contributed by atoms with van der Waals surface area (Å²) < 4.78 is 19.9. The second kappa shape index (κ2) is 6.66. The Kier molecular flexibility index (Phi) is 4.61. The van der Waals surface area contributed by atoms with Crippen LogP contribution >= 0.6 is 0 Å². The molecule has 2 amide bonds. The average Bonchev–Trinajstić information content (AvgIpc) is 2.55. The molecule has 23 heavy (non-hydrogen) atoms. The molecular weight excluding hydrogens is 299 g/mol. The lowest BCUT2D eigenvalue weighted by Crippen LogP contribution is -2.55. The molecule has 3 rings (SSSR count). The third-order valence-corrected chi connectivity index (χ3v) is 4.51. The van der Waals surface area contributed by atoms with Gasteiger partial charge in [-0.2, -0.15) is 0 Å². The highest BCUT2D eigenvalue weighted by molar-refractivity contribution is 5.97. The number of carbonyl (C=O) groups is 2. The Morgan fingerprint density at radius 2 is 2.09 bits per heavy atom. The van der Waals surface area contributed by atoms with Crippen molar-refractivity contribution < 1.29 is 18.7 Å². The van der Waals surface area contributed by atoms with Gasteiger partial charge >= 0.3 is 0 Å². The third kappa shape index (κ3) is 3.37. The Morgan fingerprint density at radius 1 is 1.30 bits per heavy atom. The summed E-state index contributed by atoms with van der Waals surface area (Å²) >= 11 is 0. The average molecular weight is 320 g/mol. The molecule has 2 aliphatic rings. The lowest BCUT2D eigenvalue weighted by atomic mass is 9.89. The summed E-state index contributed by atoms with van der Waals surface area (Å²) in [5, 5.41) is 2.59. The smallest absolute Gasteiger partial charge is 0.257 e. The van der Waals surface area contributed by atoms with Crippen LogP contribution in [0.3, 0.4) is 0 Å². The Balaban J connectivity index is 1.85. The van der Waals surface area contributed by atoms with E-state index >= 15 is 0 Å². The number of ether oxygens (including phenoxy) is 1. The summed E-state index contributed by atoms with van der Waals surface area (Å²) in [5.74, 6) is -1.15. The zero-order chi connectivity index (χ0) is 16.4. The Hall–Kier alpha value is -1.95. The maximum absolute atomic E-state index is 14.1. The molecule has 1 heterocycles. The zero-order valence-corrected chi connectivity index (χ0v) is 13.2. The van der Waals surface area contributed by atoms with Crippen LogP contribution in [0.15, 0.2) is 18.2 Å². The molecule has 1 N–H and O–H groups in total. The minimum Gasteiger partial charge on any atom is -0.374 e. The quantitative estimate of drug-likeness (QED) is 0.911. The second-order valence-corrected chi connectivity index (χ2v) is 6.14. The van der Waals surface area contributed by atoms with Crippen LogP contribution in [0.1, 0.15) is 43.0 Å². The molecule has 0 aromatic heterocycles. The molecule has 1 aromatic rings. The van der Waals surface area contributed by atoms with E-state index in [1.165, 1.54) is 25.1 Å². The van der Waals surface area contributed by atoms with Gasteiger partial charge < -0.3 is 15.0 Å². The van der Waals surface area contributed by atoms with Crippen LogP contribution in [0.4, 0.5) is 10.1 Å². The summed E-state index contributed by atoms with van der Waals surface area (Å²) in [4.78, 5) is 25.7. The van der Waals surface area contributed by atoms with Crippen molar-refractivity contribution in [2.45, 2.75) is 44.8 Å². The highest BCUT2D eigenvalue weighted by Gasteiger charge is 2.37. The molecule has 2 atom stereocenters. The van der Waals surface area contributed by atoms with Gasteiger partial charge in [-0.3, -0.25) is 9.59 Å². The van der Waals surface area contributed by atoms with E-state index in [2.05, 4.69) is 5.32 Å². The lowest BCUT2D eigenvalue weighted by Gasteiger charge is -2.43. The Labute approximate surface area is 134 Å². The number of halogens is 1. The third-order valence-electron chi connectivity index (χ3n) is 4.51. The van der Waals surface area contributed by atoms with Crippen LogP contribution in [0.25, 0.3) is 0 Å². The molecule has 0 radical (unpaired) electrons. The number of morpholine rings is 1. The van der Waals surface area contributed by atoms with Crippen molar-refractivity contribution in [3.63, 3.8) is 0 Å². The first-order valence-corrected chi connectivity index (χ1v) is 8.06. The predicted octanol–water partition coefficient (Wildman–Crippen LogP) is 2.57. The van der Waals surface area contributed by atoms with Crippen LogP contribution in [0.2, 0.25) is 0 Å². The van der Waals surface area contributed by atoms with E-state index < -0.39 is 5.82 Å². The highest BCUT2D eigenvalue weighted by Crippen LogP contribution is 2.30. The molecule has 2 fully saturated rings. The summed E-state index contributed by atoms with van der Waals surface area (Å²) in [5.41, 5.74) is 0.429. The van der Waals surface area contributed by atoms with Crippen molar-refractivity contribution in [1.29, 1.82) is 0 Å². The Bertz CT molecular complexity index is 618. The Morgan fingerprint density at radius 3 is 2.87 bits per heavy atom. The maximum atomic E-state index is 14.1. The number of anilines is 1. The zero-order valence-electron chi connectivity index (χ0n) is 13.2. The van der Waals surface area contributed by atoms with Gasteiger partial charge in [0.2, 0.25) is 5.91 Å². The number of benzene rings is 1. The first-order chi connectivity index (χ1) is 11.1. The molecule has 5 nitrogen and oxygen atoms in total. The van der Waals surface area contributed by atoms with Crippen molar-refractivity contribution in [3.05, 3.63) is 29.6 Å². The van der Waals surface area contributed by atoms with Gasteiger partial charge in [0.15, 0.2) is 0 Å². The van der Waals surface area contributed by atoms with Crippen LogP contribution in [0, 0.1) is 5.82 Å². The predicted molar refractivity (Wildman–Crippen MR) is 83.7 cm³/mol. The number of nitrogens with zero attached hydrogens (tertiary/aromatic N) is 1. The normalized spacial score (nSPS) is 24.0. The van der Waals surface area contributed by atoms with Gasteiger partial charge in [-0.25, -0.2) is 4.39 Å². The molecule has 1 saturated heterocycles. The van der Waals surface area contributed by atoms with Crippen molar-refractivity contribution in [1.82, 2.24) is 4.90 Å². The standard InChI is InChI=1S/C17H21FN2O3/c1-11(21)19-12-6-7-14(18)13(10-12)17(22)20-8-9-23-16-5-3-2-4-15(16)20/h6-7,10,15-16H,2-5,8-9H2,1H3,(H,19,21)/t15-,16-/m0/s1. The van der Waals surface area contributed by atoms with E-state index in [0.717, 1.165) is 25.7 Å². The number of carbonyl (C=O) groups excluding carboxylic acids is 2. The largest absolute Gasteiger partial charge is 0.374 e. The van der Waals surface area contributed by atoms with Gasteiger partial charge in [0.25, 0.3) is 5.91 Å². The molecule has 1 aliphatic carbocycles. The summed E-state index contributed by atoms with van der Waals surface area (Å²) in [6.45, 7) is 2.34. The van der Waals surface area contributed by atoms with E-state index in [1.54, 1.807) is 4.90 Å². The summed E-state index contributed by atoms with van der Waals surface area (Å²) in [7, 11) is 0. The topological polar surface area (TPSA) is 58.6 Å². The number of fused-ring (bicyclic) bond motifs is 1. The van der Waals surface area contributed by atoms with E-state index in [0.29, 0.717) is 18.8 Å². The van der Waals surface area contributed by atoms with E-state index in [-0.39, 0.29) is 29.5 Å². The van der Waals surface area contributed by atoms with Gasteiger partial charge in [-0.1, -0.05) is 12.8 Å². The van der Waals surface area contributed by atoms with E-state index in [1.807, 2.05) is 0 Å². The molecule has 1 saturated carbocycles. The first kappa shape index (κ1) is 15.9. The maximum Gasteiger partial charge on any atom is 0.257 e. The number of amides is 2. The molecule has 1 aliphatic heterocycles. The van der Waals surface area contributed by atoms with E-state index in [4.69, 9.17) is 4.74 Å². The molecule has 124 valence electrons. The van der Waals surface area contributed by atoms with Crippen LogP contribution in [-0.4, -0.2) is 42.0 Å². The fraction of sp³-hybridized carbons (Fsp3) is 0.529. The molecular formula is C17H21FN2O3. The molecule has 0 unspecified atom stereocenters. The molecule has 1 aromatic carbocycles. The summed E-state index contributed by atoms with van der Waals surface area (Å²) in [6, 6.07) is 4.11. The molecule has 0 bridgehead atoms.